The monoisotopic (exact) mass is 305 g/mol. The SMILES string of the molecule is O=C1c2cc(Cl)c(Cl)cc2C(=O)N1CCCCCl. The molecule has 18 heavy (non-hydrogen) atoms. The van der Waals surface area contributed by atoms with Crippen LogP contribution in [0.5, 0.6) is 0 Å². The second-order valence-electron chi connectivity index (χ2n) is 3.97. The van der Waals surface area contributed by atoms with Crippen molar-refractivity contribution in [1.29, 1.82) is 0 Å². The molecule has 0 saturated carbocycles. The predicted molar refractivity (Wildman–Crippen MR) is 71.8 cm³/mol. The summed E-state index contributed by atoms with van der Waals surface area (Å²) in [6, 6.07) is 2.89. The molecule has 0 radical (unpaired) electrons. The lowest BCUT2D eigenvalue weighted by Crippen LogP contribution is -2.30. The maximum Gasteiger partial charge on any atom is 0.261 e. The fraction of sp³-hybridized carbons (Fsp3) is 0.333. The smallest absolute Gasteiger partial charge is 0.261 e. The Balaban J connectivity index is 2.26. The summed E-state index contributed by atoms with van der Waals surface area (Å²) in [4.78, 5) is 25.3. The van der Waals surface area contributed by atoms with Gasteiger partial charge in [0.15, 0.2) is 0 Å². The van der Waals surface area contributed by atoms with Crippen LogP contribution in [0.25, 0.3) is 0 Å². The first-order valence-electron chi connectivity index (χ1n) is 5.47. The molecule has 0 spiro atoms. The highest BCUT2D eigenvalue weighted by Crippen LogP contribution is 2.31. The van der Waals surface area contributed by atoms with Crippen LogP contribution in [0, 0.1) is 0 Å². The Morgan fingerprint density at radius 1 is 0.944 bits per heavy atom. The molecular weight excluding hydrogens is 296 g/mol. The molecule has 2 amide bonds. The number of alkyl halides is 1. The van der Waals surface area contributed by atoms with Crippen LogP contribution in [-0.4, -0.2) is 29.1 Å². The minimum absolute atomic E-state index is 0.277. The molecule has 6 heteroatoms. The number of amides is 2. The molecule has 1 aliphatic rings. The van der Waals surface area contributed by atoms with Gasteiger partial charge in [0.1, 0.15) is 0 Å². The van der Waals surface area contributed by atoms with Crippen LogP contribution in [0.15, 0.2) is 12.1 Å². The van der Waals surface area contributed by atoms with E-state index in [9.17, 15) is 9.59 Å². The van der Waals surface area contributed by atoms with E-state index in [4.69, 9.17) is 34.8 Å². The molecule has 0 bridgehead atoms. The second kappa shape index (κ2) is 5.47. The minimum atomic E-state index is -0.317. The van der Waals surface area contributed by atoms with Crippen LogP contribution in [-0.2, 0) is 0 Å². The van der Waals surface area contributed by atoms with Gasteiger partial charge < -0.3 is 0 Å². The van der Waals surface area contributed by atoms with E-state index >= 15 is 0 Å². The molecule has 0 unspecified atom stereocenters. The van der Waals surface area contributed by atoms with Gasteiger partial charge in [0, 0.05) is 12.4 Å². The van der Waals surface area contributed by atoms with Crippen LogP contribution in [0.2, 0.25) is 10.0 Å². The summed E-state index contributed by atoms with van der Waals surface area (Å²) in [5.74, 6) is -0.118. The third-order valence-corrected chi connectivity index (χ3v) is 3.77. The maximum atomic E-state index is 12.0. The average Bonchev–Trinajstić information content (AvgIpc) is 2.56. The quantitative estimate of drug-likeness (QED) is 0.484. The number of fused-ring (bicyclic) bond motifs is 1. The molecule has 2 rings (SSSR count). The first kappa shape index (κ1) is 13.7. The summed E-state index contributed by atoms with van der Waals surface area (Å²) in [6.07, 6.45) is 1.45. The first-order valence-corrected chi connectivity index (χ1v) is 6.76. The van der Waals surface area contributed by atoms with E-state index < -0.39 is 0 Å². The molecule has 0 N–H and O–H groups in total. The zero-order valence-electron chi connectivity index (χ0n) is 9.38. The van der Waals surface area contributed by atoms with Crippen LogP contribution >= 0.6 is 34.8 Å². The standard InChI is InChI=1S/C12H10Cl3NO2/c13-3-1-2-4-16-11(17)7-5-9(14)10(15)6-8(7)12(16)18/h5-6H,1-4H2. The van der Waals surface area contributed by atoms with Gasteiger partial charge in [0.05, 0.1) is 21.2 Å². The molecule has 0 atom stereocenters. The number of carbonyl (C=O) groups excluding carboxylic acids is 2. The fourth-order valence-corrected chi connectivity index (χ4v) is 2.37. The van der Waals surface area contributed by atoms with E-state index in [-0.39, 0.29) is 21.9 Å². The minimum Gasteiger partial charge on any atom is -0.274 e. The van der Waals surface area contributed by atoms with Crippen molar-refractivity contribution in [3.63, 3.8) is 0 Å². The Labute approximate surface area is 120 Å². The van der Waals surface area contributed by atoms with Gasteiger partial charge in [-0.3, -0.25) is 14.5 Å². The largest absolute Gasteiger partial charge is 0.274 e. The topological polar surface area (TPSA) is 37.4 Å². The zero-order chi connectivity index (χ0) is 13.3. The summed E-state index contributed by atoms with van der Waals surface area (Å²) in [7, 11) is 0. The molecule has 3 nitrogen and oxygen atoms in total. The van der Waals surface area contributed by atoms with E-state index in [1.165, 1.54) is 17.0 Å². The Morgan fingerprint density at radius 2 is 1.44 bits per heavy atom. The van der Waals surface area contributed by atoms with Gasteiger partial charge in [0.25, 0.3) is 11.8 Å². The zero-order valence-corrected chi connectivity index (χ0v) is 11.6. The van der Waals surface area contributed by atoms with Crippen LogP contribution in [0.1, 0.15) is 33.6 Å². The molecule has 0 aromatic heterocycles. The molecule has 0 fully saturated rings. The number of nitrogens with zero attached hydrogens (tertiary/aromatic N) is 1. The number of imide groups is 1. The van der Waals surface area contributed by atoms with Gasteiger partial charge >= 0.3 is 0 Å². The summed E-state index contributed by atoms with van der Waals surface area (Å²) >= 11 is 17.3. The number of halogens is 3. The van der Waals surface area contributed by atoms with Crippen LogP contribution in [0.4, 0.5) is 0 Å². The third kappa shape index (κ3) is 2.35. The number of benzene rings is 1. The Morgan fingerprint density at radius 3 is 1.89 bits per heavy atom. The highest BCUT2D eigenvalue weighted by molar-refractivity contribution is 6.43. The molecule has 1 aromatic rings. The average molecular weight is 307 g/mol. The van der Waals surface area contributed by atoms with Gasteiger partial charge in [0.2, 0.25) is 0 Å². The van der Waals surface area contributed by atoms with Crippen molar-refractivity contribution in [2.24, 2.45) is 0 Å². The third-order valence-electron chi connectivity index (χ3n) is 2.78. The molecule has 96 valence electrons. The number of rotatable bonds is 4. The molecular formula is C12H10Cl3NO2. The Kier molecular flexibility index (Phi) is 4.15. The van der Waals surface area contributed by atoms with E-state index in [0.29, 0.717) is 30.0 Å². The van der Waals surface area contributed by atoms with Crippen molar-refractivity contribution in [2.75, 3.05) is 12.4 Å². The Hall–Kier alpha value is -0.770. The summed E-state index contributed by atoms with van der Waals surface area (Å²) in [6.45, 7) is 0.369. The van der Waals surface area contributed by atoms with Crippen molar-refractivity contribution < 1.29 is 9.59 Å². The molecule has 0 saturated heterocycles. The number of unbranched alkanes of at least 4 members (excludes halogenated alkanes) is 1. The molecule has 1 aliphatic heterocycles. The number of hydrogen-bond donors (Lipinski definition) is 0. The van der Waals surface area contributed by atoms with E-state index in [1.54, 1.807) is 0 Å². The maximum absolute atomic E-state index is 12.0. The van der Waals surface area contributed by atoms with Crippen molar-refractivity contribution in [3.8, 4) is 0 Å². The van der Waals surface area contributed by atoms with Crippen molar-refractivity contribution in [3.05, 3.63) is 33.3 Å². The van der Waals surface area contributed by atoms with Gasteiger partial charge in [-0.25, -0.2) is 0 Å². The van der Waals surface area contributed by atoms with Gasteiger partial charge in [-0.1, -0.05) is 23.2 Å². The van der Waals surface area contributed by atoms with E-state index in [0.717, 1.165) is 6.42 Å². The van der Waals surface area contributed by atoms with E-state index in [1.807, 2.05) is 0 Å². The van der Waals surface area contributed by atoms with Crippen LogP contribution < -0.4 is 0 Å². The van der Waals surface area contributed by atoms with Crippen molar-refractivity contribution in [2.45, 2.75) is 12.8 Å². The van der Waals surface area contributed by atoms with Gasteiger partial charge in [-0.15, -0.1) is 11.6 Å². The van der Waals surface area contributed by atoms with Crippen LogP contribution in [0.3, 0.4) is 0 Å². The Bertz CT molecular complexity index is 475. The summed E-state index contributed by atoms with van der Waals surface area (Å²) in [5, 5.41) is 0.554. The molecule has 0 aliphatic carbocycles. The number of carbonyl (C=O) groups is 2. The van der Waals surface area contributed by atoms with Crippen molar-refractivity contribution >= 4 is 46.6 Å². The van der Waals surface area contributed by atoms with E-state index in [2.05, 4.69) is 0 Å². The number of hydrogen-bond acceptors (Lipinski definition) is 2. The lowest BCUT2D eigenvalue weighted by molar-refractivity contribution is 0.0652. The normalized spacial score (nSPS) is 14.3. The highest BCUT2D eigenvalue weighted by atomic mass is 35.5. The summed E-state index contributed by atoms with van der Waals surface area (Å²) in [5.41, 5.74) is 0.639. The first-order chi connectivity index (χ1) is 8.56. The molecule has 1 aromatic carbocycles. The fourth-order valence-electron chi connectivity index (χ4n) is 1.85. The lowest BCUT2D eigenvalue weighted by Gasteiger charge is -2.12. The van der Waals surface area contributed by atoms with Gasteiger partial charge in [-0.2, -0.15) is 0 Å². The lowest BCUT2D eigenvalue weighted by atomic mass is 10.1. The molecule has 1 heterocycles. The predicted octanol–water partition coefficient (Wildman–Crippen LogP) is 3.61. The van der Waals surface area contributed by atoms with Crippen molar-refractivity contribution in [1.82, 2.24) is 4.90 Å². The summed E-state index contributed by atoms with van der Waals surface area (Å²) < 4.78 is 0. The highest BCUT2D eigenvalue weighted by Gasteiger charge is 2.35. The van der Waals surface area contributed by atoms with Gasteiger partial charge in [-0.05, 0) is 25.0 Å². The second-order valence-corrected chi connectivity index (χ2v) is 5.16.